The second-order valence-electron chi connectivity index (χ2n) is 5.10. The third-order valence-electron chi connectivity index (χ3n) is 2.76. The van der Waals surface area contributed by atoms with Crippen molar-refractivity contribution in [2.24, 2.45) is 5.92 Å². The molecule has 0 aromatic heterocycles. The number of carbonyl (C=O) groups excluding carboxylic acids is 1. The summed E-state index contributed by atoms with van der Waals surface area (Å²) in [5.74, 6) is -2.17. The van der Waals surface area contributed by atoms with Crippen LogP contribution in [0.25, 0.3) is 0 Å². The van der Waals surface area contributed by atoms with Crippen LogP contribution in [0.2, 0.25) is 0 Å². The van der Waals surface area contributed by atoms with Gasteiger partial charge in [0.05, 0.1) is 16.5 Å². The molecule has 1 aromatic rings. The van der Waals surface area contributed by atoms with Crippen LogP contribution in [0.4, 0.5) is 17.6 Å². The zero-order valence-corrected chi connectivity index (χ0v) is 12.4. The number of rotatable bonds is 5. The van der Waals surface area contributed by atoms with E-state index in [0.717, 1.165) is 12.1 Å². The molecule has 1 N–H and O–H groups in total. The molecule has 21 heavy (non-hydrogen) atoms. The van der Waals surface area contributed by atoms with Gasteiger partial charge in [-0.25, -0.2) is 4.39 Å². The van der Waals surface area contributed by atoms with Crippen LogP contribution in [0, 0.1) is 11.7 Å². The van der Waals surface area contributed by atoms with Gasteiger partial charge in [-0.3, -0.25) is 4.79 Å². The van der Waals surface area contributed by atoms with Gasteiger partial charge in [0.25, 0.3) is 5.91 Å². The van der Waals surface area contributed by atoms with Crippen molar-refractivity contribution in [3.05, 3.63) is 35.1 Å². The second-order valence-corrected chi connectivity index (χ2v) is 5.72. The smallest absolute Gasteiger partial charge is 0.350 e. The van der Waals surface area contributed by atoms with Gasteiger partial charge in [0, 0.05) is 6.54 Å². The lowest BCUT2D eigenvalue weighted by atomic mass is 10.1. The molecule has 0 spiro atoms. The summed E-state index contributed by atoms with van der Waals surface area (Å²) < 4.78 is 51.4. The van der Waals surface area contributed by atoms with Gasteiger partial charge in [0.1, 0.15) is 5.82 Å². The minimum atomic E-state index is -4.84. The van der Waals surface area contributed by atoms with Crippen LogP contribution in [0.3, 0.4) is 0 Å². The van der Waals surface area contributed by atoms with Crippen LogP contribution in [0.15, 0.2) is 18.2 Å². The molecule has 0 saturated heterocycles. The van der Waals surface area contributed by atoms with Crippen LogP contribution in [0.5, 0.6) is 0 Å². The zero-order chi connectivity index (χ0) is 16.2. The average Bonchev–Trinajstić information content (AvgIpc) is 2.34. The summed E-state index contributed by atoms with van der Waals surface area (Å²) in [6, 6.07) is 2.59. The van der Waals surface area contributed by atoms with E-state index in [2.05, 4.69) is 5.32 Å². The molecule has 0 radical (unpaired) electrons. The Kier molecular flexibility index (Phi) is 6.01. The molecule has 0 fully saturated rings. The first-order valence-corrected chi connectivity index (χ1v) is 6.84. The molecule has 1 unspecified atom stereocenters. The van der Waals surface area contributed by atoms with Crippen molar-refractivity contribution in [2.45, 2.75) is 31.8 Å². The van der Waals surface area contributed by atoms with Crippen molar-refractivity contribution >= 4 is 17.5 Å². The molecule has 7 heteroatoms. The maximum atomic E-state index is 13.7. The van der Waals surface area contributed by atoms with E-state index in [9.17, 15) is 22.4 Å². The Hall–Kier alpha value is -1.30. The van der Waals surface area contributed by atoms with Crippen molar-refractivity contribution in [3.8, 4) is 0 Å². The number of carbonyl (C=O) groups is 1. The van der Waals surface area contributed by atoms with Gasteiger partial charge in [-0.1, -0.05) is 19.9 Å². The fourth-order valence-electron chi connectivity index (χ4n) is 1.82. The number of hydrogen-bond acceptors (Lipinski definition) is 1. The van der Waals surface area contributed by atoms with Crippen molar-refractivity contribution < 1.29 is 22.4 Å². The summed E-state index contributed by atoms with van der Waals surface area (Å²) in [6.45, 7) is 3.96. The molecule has 118 valence electrons. The average molecular weight is 326 g/mol. The maximum Gasteiger partial charge on any atom is 0.419 e. The van der Waals surface area contributed by atoms with Gasteiger partial charge in [0.15, 0.2) is 0 Å². The van der Waals surface area contributed by atoms with Crippen LogP contribution in [0.1, 0.15) is 36.2 Å². The van der Waals surface area contributed by atoms with E-state index in [1.54, 1.807) is 0 Å². The van der Waals surface area contributed by atoms with Crippen LogP contribution in [-0.4, -0.2) is 17.8 Å². The van der Waals surface area contributed by atoms with E-state index in [1.807, 2.05) is 13.8 Å². The van der Waals surface area contributed by atoms with Gasteiger partial charge in [-0.05, 0) is 24.5 Å². The van der Waals surface area contributed by atoms with Crippen LogP contribution >= 0.6 is 11.6 Å². The molecular formula is C14H16ClF4NO. The van der Waals surface area contributed by atoms with Gasteiger partial charge < -0.3 is 5.32 Å². The number of benzene rings is 1. The van der Waals surface area contributed by atoms with Gasteiger partial charge in [-0.2, -0.15) is 13.2 Å². The lowest BCUT2D eigenvalue weighted by Crippen LogP contribution is -2.31. The first kappa shape index (κ1) is 17.8. The van der Waals surface area contributed by atoms with E-state index in [0.29, 0.717) is 18.4 Å². The highest BCUT2D eigenvalue weighted by atomic mass is 35.5. The summed E-state index contributed by atoms with van der Waals surface area (Å²) in [6.07, 6.45) is -4.21. The Bertz CT molecular complexity index is 502. The third kappa shape index (κ3) is 5.19. The summed E-state index contributed by atoms with van der Waals surface area (Å²) in [5, 5.41) is 1.99. The second kappa shape index (κ2) is 7.11. The Morgan fingerprint density at radius 1 is 1.33 bits per heavy atom. The van der Waals surface area contributed by atoms with E-state index in [-0.39, 0.29) is 11.9 Å². The molecule has 0 saturated carbocycles. The molecule has 1 rings (SSSR count). The number of nitrogens with one attached hydrogen (secondary N) is 1. The SMILES string of the molecule is CC(C)CC(Cl)CNC(=O)c1cccc(C(F)(F)F)c1F. The molecule has 2 nitrogen and oxygen atoms in total. The molecular weight excluding hydrogens is 310 g/mol. The van der Waals surface area contributed by atoms with Crippen molar-refractivity contribution in [1.29, 1.82) is 0 Å². The van der Waals surface area contributed by atoms with E-state index in [1.165, 1.54) is 0 Å². The highest BCUT2D eigenvalue weighted by Crippen LogP contribution is 2.32. The van der Waals surface area contributed by atoms with Gasteiger partial charge in [-0.15, -0.1) is 11.6 Å². The topological polar surface area (TPSA) is 29.1 Å². The molecule has 0 aliphatic heterocycles. The molecule has 0 aliphatic rings. The minimum Gasteiger partial charge on any atom is -0.350 e. The standard InChI is InChI=1S/C14H16ClF4NO/c1-8(2)6-9(15)7-20-13(21)10-4-3-5-11(12(10)16)14(17,18)19/h3-5,8-9H,6-7H2,1-2H3,(H,20,21). The number of amides is 1. The summed E-state index contributed by atoms with van der Waals surface area (Å²) in [4.78, 5) is 11.8. The number of hydrogen-bond donors (Lipinski definition) is 1. The summed E-state index contributed by atoms with van der Waals surface area (Å²) in [7, 11) is 0. The van der Waals surface area contributed by atoms with Crippen molar-refractivity contribution in [2.75, 3.05) is 6.54 Å². The highest BCUT2D eigenvalue weighted by molar-refractivity contribution is 6.21. The molecule has 0 aliphatic carbocycles. The first-order valence-electron chi connectivity index (χ1n) is 6.41. The molecule has 1 amide bonds. The van der Waals surface area contributed by atoms with Gasteiger partial charge in [0.2, 0.25) is 0 Å². The zero-order valence-electron chi connectivity index (χ0n) is 11.6. The molecule has 1 aromatic carbocycles. The predicted molar refractivity (Wildman–Crippen MR) is 72.8 cm³/mol. The number of halogens is 5. The van der Waals surface area contributed by atoms with Crippen LogP contribution < -0.4 is 5.32 Å². The van der Waals surface area contributed by atoms with E-state index >= 15 is 0 Å². The largest absolute Gasteiger partial charge is 0.419 e. The van der Waals surface area contributed by atoms with Crippen molar-refractivity contribution in [1.82, 2.24) is 5.32 Å². The van der Waals surface area contributed by atoms with E-state index < -0.39 is 29.0 Å². The lowest BCUT2D eigenvalue weighted by Gasteiger charge is -2.14. The molecule has 0 bridgehead atoms. The normalized spacial score (nSPS) is 13.3. The summed E-state index contributed by atoms with van der Waals surface area (Å²) >= 11 is 5.96. The van der Waals surface area contributed by atoms with Gasteiger partial charge >= 0.3 is 6.18 Å². The maximum absolute atomic E-state index is 13.7. The highest BCUT2D eigenvalue weighted by Gasteiger charge is 2.35. The molecule has 0 heterocycles. The Morgan fingerprint density at radius 3 is 2.48 bits per heavy atom. The quantitative estimate of drug-likeness (QED) is 0.637. The summed E-state index contributed by atoms with van der Waals surface area (Å²) in [5.41, 5.74) is -2.10. The Balaban J connectivity index is 2.80. The Labute approximate surface area is 125 Å². The monoisotopic (exact) mass is 325 g/mol. The fraction of sp³-hybridized carbons (Fsp3) is 0.500. The Morgan fingerprint density at radius 2 is 1.95 bits per heavy atom. The minimum absolute atomic E-state index is 0.0637. The predicted octanol–water partition coefficient (Wildman–Crippen LogP) is 4.23. The van der Waals surface area contributed by atoms with E-state index in [4.69, 9.17) is 11.6 Å². The first-order chi connectivity index (χ1) is 9.62. The van der Waals surface area contributed by atoms with Crippen LogP contribution in [-0.2, 0) is 6.18 Å². The molecule has 1 atom stereocenters. The number of alkyl halides is 4. The fourth-order valence-corrected chi connectivity index (χ4v) is 2.25. The third-order valence-corrected chi connectivity index (χ3v) is 3.09. The lowest BCUT2D eigenvalue weighted by molar-refractivity contribution is -0.140. The van der Waals surface area contributed by atoms with Crippen molar-refractivity contribution in [3.63, 3.8) is 0 Å².